The van der Waals surface area contributed by atoms with E-state index in [1.54, 1.807) is 0 Å². The van der Waals surface area contributed by atoms with E-state index in [0.29, 0.717) is 6.07 Å². The second kappa shape index (κ2) is 6.24. The summed E-state index contributed by atoms with van der Waals surface area (Å²) >= 11 is 0. The molecule has 1 radical (unpaired) electrons. The van der Waals surface area contributed by atoms with E-state index >= 15 is 0 Å². The van der Waals surface area contributed by atoms with Gasteiger partial charge >= 0.3 is 35.7 Å². The van der Waals surface area contributed by atoms with Gasteiger partial charge in [-0.2, -0.15) is 13.2 Å². The topological polar surface area (TPSA) is 0 Å². The predicted octanol–water partition coefficient (Wildman–Crippen LogP) is 4.11. The molecule has 0 saturated heterocycles. The van der Waals surface area contributed by atoms with E-state index < -0.39 is 23.4 Å². The van der Waals surface area contributed by atoms with Crippen molar-refractivity contribution in [1.29, 1.82) is 0 Å². The molecule has 0 atom stereocenters. The standard InChI is InChI=1S/C14H8F5.Na.H/c1-8-3-2-4-11(14(17,18)19)13(8)10-6-5-9(15)7-12(10)16;;/h2-3,5-7H,1H3;;. The van der Waals surface area contributed by atoms with Crippen molar-refractivity contribution in [2.75, 3.05) is 0 Å². The summed E-state index contributed by atoms with van der Waals surface area (Å²) in [4.78, 5) is 0. The third-order valence-corrected chi connectivity index (χ3v) is 2.69. The van der Waals surface area contributed by atoms with Crippen molar-refractivity contribution in [3.63, 3.8) is 0 Å². The van der Waals surface area contributed by atoms with Crippen molar-refractivity contribution in [3.8, 4) is 11.1 Å². The molecule has 0 saturated carbocycles. The normalized spacial score (nSPS) is 11.1. The first-order valence-electron chi connectivity index (χ1n) is 5.34. The van der Waals surface area contributed by atoms with Crippen LogP contribution in [0.4, 0.5) is 22.0 Å². The van der Waals surface area contributed by atoms with Crippen LogP contribution < -0.4 is 0 Å². The van der Waals surface area contributed by atoms with Gasteiger partial charge in [0.05, 0.1) is 5.56 Å². The molecular weight excluding hydrogens is 286 g/mol. The second-order valence-electron chi connectivity index (χ2n) is 4.03. The van der Waals surface area contributed by atoms with Crippen LogP contribution in [0.1, 0.15) is 11.1 Å². The molecule has 0 fully saturated rings. The van der Waals surface area contributed by atoms with Crippen molar-refractivity contribution in [3.05, 3.63) is 59.2 Å². The van der Waals surface area contributed by atoms with Gasteiger partial charge in [-0.15, -0.1) is 0 Å². The van der Waals surface area contributed by atoms with Crippen LogP contribution in [0.15, 0.2) is 30.3 Å². The Hall–Kier alpha value is -0.910. The fourth-order valence-electron chi connectivity index (χ4n) is 1.87. The Balaban J connectivity index is 0.00000200. The van der Waals surface area contributed by atoms with Gasteiger partial charge in [0.1, 0.15) is 11.6 Å². The average Bonchev–Trinajstić information content (AvgIpc) is 2.28. The van der Waals surface area contributed by atoms with Crippen LogP contribution in [0.3, 0.4) is 0 Å². The SMILES string of the molecule is Cc1cc[c]c(C(F)(F)F)c1-c1ccc(F)cc1F.[NaH]. The zero-order valence-corrected chi connectivity index (χ0v) is 9.78. The Morgan fingerprint density at radius 2 is 1.70 bits per heavy atom. The predicted molar refractivity (Wildman–Crippen MR) is 67.5 cm³/mol. The number of aryl methyl sites for hydroxylation is 1. The van der Waals surface area contributed by atoms with Gasteiger partial charge in [-0.05, 0) is 30.7 Å². The average molecular weight is 295 g/mol. The molecule has 0 heterocycles. The third kappa shape index (κ3) is 3.40. The molecule has 2 aromatic carbocycles. The molecule has 0 N–H and O–H groups in total. The minimum atomic E-state index is -4.65. The molecular formula is C14H9F5Na. The van der Waals surface area contributed by atoms with Crippen LogP contribution in [0.5, 0.6) is 0 Å². The van der Waals surface area contributed by atoms with Gasteiger partial charge in [-0.3, -0.25) is 0 Å². The summed E-state index contributed by atoms with van der Waals surface area (Å²) in [5.41, 5.74) is -1.41. The Labute approximate surface area is 134 Å². The molecule has 2 rings (SSSR count). The molecule has 0 unspecified atom stereocenters. The zero-order chi connectivity index (χ0) is 14.2. The summed E-state index contributed by atoms with van der Waals surface area (Å²) in [6.45, 7) is 1.43. The van der Waals surface area contributed by atoms with Crippen LogP contribution in [-0.4, -0.2) is 29.6 Å². The number of alkyl halides is 3. The van der Waals surface area contributed by atoms with Crippen LogP contribution in [0.25, 0.3) is 11.1 Å². The Morgan fingerprint density at radius 3 is 2.25 bits per heavy atom. The monoisotopic (exact) mass is 295 g/mol. The van der Waals surface area contributed by atoms with Gasteiger partial charge in [0.15, 0.2) is 0 Å². The van der Waals surface area contributed by atoms with Crippen molar-refractivity contribution < 1.29 is 22.0 Å². The van der Waals surface area contributed by atoms with Gasteiger partial charge in [-0.1, -0.05) is 12.1 Å². The number of hydrogen-bond donors (Lipinski definition) is 0. The Kier molecular flexibility index (Phi) is 5.35. The van der Waals surface area contributed by atoms with Gasteiger partial charge in [0.25, 0.3) is 0 Å². The number of halogens is 5. The summed E-state index contributed by atoms with van der Waals surface area (Å²) in [6.07, 6.45) is -4.65. The molecule has 0 aliphatic rings. The maximum atomic E-state index is 13.7. The van der Waals surface area contributed by atoms with Gasteiger partial charge in [0.2, 0.25) is 0 Å². The molecule has 0 spiro atoms. The second-order valence-corrected chi connectivity index (χ2v) is 4.03. The van der Waals surface area contributed by atoms with Crippen LogP contribution in [-0.2, 0) is 6.18 Å². The van der Waals surface area contributed by atoms with E-state index in [0.717, 1.165) is 18.2 Å². The first-order valence-corrected chi connectivity index (χ1v) is 5.34. The molecule has 0 aromatic heterocycles. The number of rotatable bonds is 1. The Morgan fingerprint density at radius 1 is 1.05 bits per heavy atom. The third-order valence-electron chi connectivity index (χ3n) is 2.69. The van der Waals surface area contributed by atoms with E-state index in [1.807, 2.05) is 0 Å². The van der Waals surface area contributed by atoms with Crippen LogP contribution in [0, 0.1) is 24.6 Å². The van der Waals surface area contributed by atoms with E-state index in [1.165, 1.54) is 13.0 Å². The molecule has 20 heavy (non-hydrogen) atoms. The number of benzene rings is 2. The van der Waals surface area contributed by atoms with E-state index in [9.17, 15) is 22.0 Å². The molecule has 0 aliphatic heterocycles. The van der Waals surface area contributed by atoms with Gasteiger partial charge < -0.3 is 0 Å². The summed E-state index contributed by atoms with van der Waals surface area (Å²) in [5.74, 6) is -1.87. The fourth-order valence-corrected chi connectivity index (χ4v) is 1.87. The quantitative estimate of drug-likeness (QED) is 0.548. The summed E-state index contributed by atoms with van der Waals surface area (Å²) < 4.78 is 65.2. The molecule has 2 aromatic rings. The van der Waals surface area contributed by atoms with Crippen LogP contribution >= 0.6 is 0 Å². The van der Waals surface area contributed by atoms with E-state index in [-0.39, 0.29) is 46.2 Å². The molecule has 0 bridgehead atoms. The molecule has 101 valence electrons. The minimum absolute atomic E-state index is 0. The summed E-state index contributed by atoms with van der Waals surface area (Å²) in [7, 11) is 0. The molecule has 0 nitrogen and oxygen atoms in total. The fraction of sp³-hybridized carbons (Fsp3) is 0.143. The zero-order valence-electron chi connectivity index (χ0n) is 9.78. The van der Waals surface area contributed by atoms with Gasteiger partial charge in [-0.25, -0.2) is 8.78 Å². The van der Waals surface area contributed by atoms with Crippen molar-refractivity contribution >= 4 is 29.6 Å². The van der Waals surface area contributed by atoms with E-state index in [2.05, 4.69) is 6.07 Å². The first kappa shape index (κ1) is 17.1. The molecule has 0 aliphatic carbocycles. The number of hydrogen-bond acceptors (Lipinski definition) is 0. The van der Waals surface area contributed by atoms with E-state index in [4.69, 9.17) is 0 Å². The van der Waals surface area contributed by atoms with Crippen molar-refractivity contribution in [1.82, 2.24) is 0 Å². The Bertz CT molecular complexity index is 619. The summed E-state index contributed by atoms with van der Waals surface area (Å²) in [6, 6.07) is 7.07. The maximum absolute atomic E-state index is 13.7. The molecule has 0 amide bonds. The van der Waals surface area contributed by atoms with Gasteiger partial charge in [0, 0.05) is 17.2 Å². The van der Waals surface area contributed by atoms with Crippen molar-refractivity contribution in [2.24, 2.45) is 0 Å². The molecule has 6 heteroatoms. The van der Waals surface area contributed by atoms with Crippen molar-refractivity contribution in [2.45, 2.75) is 13.1 Å². The van der Waals surface area contributed by atoms with Crippen LogP contribution in [0.2, 0.25) is 0 Å². The first-order chi connectivity index (χ1) is 8.80. The summed E-state index contributed by atoms with van der Waals surface area (Å²) in [5, 5.41) is 0.